The number of anilines is 1. The molecule has 1 aliphatic carbocycles. The van der Waals surface area contributed by atoms with Gasteiger partial charge in [0, 0.05) is 61.4 Å². The number of hydrogen-bond donors (Lipinski definition) is 1. The van der Waals surface area contributed by atoms with E-state index in [1.165, 1.54) is 0 Å². The number of aromatic nitrogens is 5. The molecule has 10 rings (SSSR count). The normalized spacial score (nSPS) is 29.8. The van der Waals surface area contributed by atoms with Gasteiger partial charge >= 0.3 is 6.01 Å². The van der Waals surface area contributed by atoms with E-state index in [2.05, 4.69) is 20.0 Å². The van der Waals surface area contributed by atoms with Crippen LogP contribution in [0.3, 0.4) is 0 Å². The van der Waals surface area contributed by atoms with Gasteiger partial charge in [0.1, 0.15) is 29.8 Å². The highest BCUT2D eigenvalue weighted by Gasteiger charge is 2.49. The zero-order chi connectivity index (χ0) is 30.3. The Kier molecular flexibility index (Phi) is 6.68. The molecule has 4 fully saturated rings. The molecule has 8 heterocycles. The van der Waals surface area contributed by atoms with Crippen LogP contribution in [0, 0.1) is 17.7 Å². The molecule has 6 bridgehead atoms. The van der Waals surface area contributed by atoms with E-state index in [4.69, 9.17) is 36.0 Å². The number of alkyl halides is 1. The maximum Gasteiger partial charge on any atom is 0.319 e. The summed E-state index contributed by atoms with van der Waals surface area (Å²) in [5.41, 5.74) is 2.24. The lowest BCUT2D eigenvalue weighted by atomic mass is 9.94. The number of hydrogen-bond acceptors (Lipinski definition) is 8. The van der Waals surface area contributed by atoms with Crippen LogP contribution in [-0.4, -0.2) is 87.8 Å². The first-order valence-electron chi connectivity index (χ1n) is 16.3. The van der Waals surface area contributed by atoms with Crippen molar-refractivity contribution in [3.05, 3.63) is 34.9 Å². The topological polar surface area (TPSA) is 92.3 Å². The number of piperidine rings is 1. The van der Waals surface area contributed by atoms with Crippen LogP contribution in [0.1, 0.15) is 56.4 Å². The second kappa shape index (κ2) is 10.7. The molecule has 9 nitrogen and oxygen atoms in total. The van der Waals surface area contributed by atoms with Crippen LogP contribution >= 0.6 is 11.6 Å². The highest BCUT2D eigenvalue weighted by atomic mass is 35.5. The van der Waals surface area contributed by atoms with Gasteiger partial charge in [0.25, 0.3) is 0 Å². The second-order valence-corrected chi connectivity index (χ2v) is 14.2. The number of halogens is 3. The minimum Gasteiger partial charge on any atom is -0.461 e. The Bertz CT molecular complexity index is 1800. The number of rotatable bonds is 3. The first kappa shape index (κ1) is 28.1. The van der Waals surface area contributed by atoms with Crippen molar-refractivity contribution in [1.82, 2.24) is 30.0 Å². The average molecular weight is 636 g/mol. The number of benzene rings is 1. The van der Waals surface area contributed by atoms with Crippen LogP contribution < -0.4 is 9.64 Å². The molecule has 1 aromatic carbocycles. The first-order valence-corrected chi connectivity index (χ1v) is 16.7. The van der Waals surface area contributed by atoms with Crippen molar-refractivity contribution >= 4 is 39.2 Å². The lowest BCUT2D eigenvalue weighted by molar-refractivity contribution is 0.107. The first-order chi connectivity index (χ1) is 22.0. The minimum absolute atomic E-state index is 0.116. The standard InChI is InChI=1S/C33H36ClF2N7O2/c34-24-10-25-22(13-38-41-25)27-26(24)21-9-19(21)16-44-8-4-18-3-1-6-42(14-18)31-23-12-37-30(27)28(36)29(23)39-32(40-31)45-17-33-5-2-7-43(33)15-20(35)11-33/h10,12-13,18-21H,1-9,11,14-17H2,(H,38,41)/t18-,19-,20+,21-,33-/m0/s1. The number of nitrogens with zero attached hydrogens (tertiary/aromatic N) is 6. The molecule has 3 aromatic heterocycles. The summed E-state index contributed by atoms with van der Waals surface area (Å²) in [6, 6.07) is 1.99. The fourth-order valence-corrected chi connectivity index (χ4v) is 8.95. The van der Waals surface area contributed by atoms with E-state index in [0.717, 1.165) is 74.6 Å². The Morgan fingerprint density at radius 2 is 2.07 bits per heavy atom. The van der Waals surface area contributed by atoms with Crippen molar-refractivity contribution in [2.45, 2.75) is 62.6 Å². The Balaban J connectivity index is 1.21. The zero-order valence-electron chi connectivity index (χ0n) is 25.1. The van der Waals surface area contributed by atoms with Gasteiger partial charge < -0.3 is 14.4 Å². The predicted molar refractivity (Wildman–Crippen MR) is 167 cm³/mol. The van der Waals surface area contributed by atoms with E-state index < -0.39 is 12.0 Å². The third-order valence-electron chi connectivity index (χ3n) is 11.0. The monoisotopic (exact) mass is 635 g/mol. The molecule has 12 heteroatoms. The summed E-state index contributed by atoms with van der Waals surface area (Å²) in [6.07, 6.45) is 8.85. The Morgan fingerprint density at radius 3 is 3.00 bits per heavy atom. The van der Waals surface area contributed by atoms with Gasteiger partial charge in [-0.05, 0) is 74.5 Å². The molecular weight excluding hydrogens is 600 g/mol. The number of pyridine rings is 1. The molecule has 45 heavy (non-hydrogen) atoms. The van der Waals surface area contributed by atoms with Gasteiger partial charge in [-0.1, -0.05) is 11.6 Å². The molecule has 5 aliphatic heterocycles. The molecule has 0 unspecified atom stereocenters. The third kappa shape index (κ3) is 4.67. The van der Waals surface area contributed by atoms with E-state index >= 15 is 4.39 Å². The van der Waals surface area contributed by atoms with Gasteiger partial charge in [0.2, 0.25) is 0 Å². The van der Waals surface area contributed by atoms with Crippen LogP contribution in [0.4, 0.5) is 14.6 Å². The summed E-state index contributed by atoms with van der Waals surface area (Å²) < 4.78 is 44.1. The van der Waals surface area contributed by atoms with E-state index in [-0.39, 0.29) is 35.3 Å². The molecule has 5 atom stereocenters. The fourth-order valence-electron chi connectivity index (χ4n) is 8.60. The quantitative estimate of drug-likeness (QED) is 0.291. The van der Waals surface area contributed by atoms with Crippen molar-refractivity contribution in [3.8, 4) is 17.3 Å². The number of nitrogens with one attached hydrogen (secondary N) is 1. The van der Waals surface area contributed by atoms with E-state index in [9.17, 15) is 4.39 Å². The molecule has 6 aliphatic rings. The highest BCUT2D eigenvalue weighted by Crippen LogP contribution is 2.54. The summed E-state index contributed by atoms with van der Waals surface area (Å²) in [6.45, 7) is 4.51. The number of aromatic amines is 1. The molecule has 0 amide bonds. The van der Waals surface area contributed by atoms with Crippen LogP contribution in [0.2, 0.25) is 5.02 Å². The highest BCUT2D eigenvalue weighted by molar-refractivity contribution is 6.33. The van der Waals surface area contributed by atoms with Crippen molar-refractivity contribution in [2.24, 2.45) is 11.8 Å². The number of ether oxygens (including phenoxy) is 2. The van der Waals surface area contributed by atoms with Crippen LogP contribution in [-0.2, 0) is 4.74 Å². The molecule has 3 saturated heterocycles. The maximum atomic E-state index is 17.1. The smallest absolute Gasteiger partial charge is 0.319 e. The van der Waals surface area contributed by atoms with Gasteiger partial charge in [-0.2, -0.15) is 15.1 Å². The lowest BCUT2D eigenvalue weighted by Crippen LogP contribution is -2.43. The van der Waals surface area contributed by atoms with Gasteiger partial charge in [0.15, 0.2) is 5.82 Å². The lowest BCUT2D eigenvalue weighted by Gasteiger charge is -2.34. The molecular formula is C33H36ClF2N7O2. The average Bonchev–Trinajstić information content (AvgIpc) is 3.28. The third-order valence-corrected chi connectivity index (χ3v) is 11.3. The van der Waals surface area contributed by atoms with Crippen molar-refractivity contribution in [1.29, 1.82) is 0 Å². The summed E-state index contributed by atoms with van der Waals surface area (Å²) in [5.74, 6) is 0.979. The number of fused-ring (bicyclic) bond motifs is 6. The molecule has 4 aromatic rings. The van der Waals surface area contributed by atoms with Crippen LogP contribution in [0.15, 0.2) is 18.5 Å². The molecule has 236 valence electrons. The SMILES string of the molecule is Fc1c2ncc3c(nc(OC[C@@]45CCCN4C[C@H](F)C5)nc13)N1CCC[C@@H](CCOC[C@@H]3C[C@@H]3c3c(Cl)cc4[nH]ncc4c3-2)C1. The summed E-state index contributed by atoms with van der Waals surface area (Å²) >= 11 is 6.93. The van der Waals surface area contributed by atoms with E-state index in [1.807, 2.05) is 6.07 Å². The largest absolute Gasteiger partial charge is 0.461 e. The molecule has 1 N–H and O–H groups in total. The number of H-pyrrole nitrogens is 1. The van der Waals surface area contributed by atoms with Gasteiger partial charge in [0.05, 0.1) is 22.6 Å². The van der Waals surface area contributed by atoms with Gasteiger partial charge in [-0.3, -0.25) is 15.0 Å². The second-order valence-electron chi connectivity index (χ2n) is 13.8. The van der Waals surface area contributed by atoms with Crippen molar-refractivity contribution in [2.75, 3.05) is 50.9 Å². The molecule has 0 spiro atoms. The molecule has 1 saturated carbocycles. The molecule has 0 radical (unpaired) electrons. The Labute approximate surface area is 264 Å². The van der Waals surface area contributed by atoms with Gasteiger partial charge in [-0.15, -0.1) is 0 Å². The van der Waals surface area contributed by atoms with Crippen molar-refractivity contribution < 1.29 is 18.3 Å². The zero-order valence-corrected chi connectivity index (χ0v) is 25.8. The minimum atomic E-state index is -0.869. The Morgan fingerprint density at radius 1 is 1.13 bits per heavy atom. The summed E-state index contributed by atoms with van der Waals surface area (Å²) in [5, 5.41) is 9.13. The maximum absolute atomic E-state index is 17.1. The van der Waals surface area contributed by atoms with Crippen LogP contribution in [0.5, 0.6) is 6.01 Å². The van der Waals surface area contributed by atoms with Crippen LogP contribution in [0.25, 0.3) is 33.1 Å². The van der Waals surface area contributed by atoms with Crippen molar-refractivity contribution in [3.63, 3.8) is 0 Å². The Hall–Kier alpha value is -3.15. The summed E-state index contributed by atoms with van der Waals surface area (Å²) in [4.78, 5) is 18.8. The summed E-state index contributed by atoms with van der Waals surface area (Å²) in [7, 11) is 0. The van der Waals surface area contributed by atoms with Gasteiger partial charge in [-0.25, -0.2) is 8.78 Å². The predicted octanol–water partition coefficient (Wildman–Crippen LogP) is 6.06. The van der Waals surface area contributed by atoms with E-state index in [1.54, 1.807) is 12.4 Å². The fraction of sp³-hybridized carbons (Fsp3) is 0.576. The van der Waals surface area contributed by atoms with E-state index in [0.29, 0.717) is 59.8 Å².